The molecule has 10 heteroatoms. The highest BCUT2D eigenvalue weighted by Gasteiger charge is 2.73. The van der Waals surface area contributed by atoms with Crippen LogP contribution in [0.2, 0.25) is 0 Å². The fourth-order valence-electron chi connectivity index (χ4n) is 8.34. The summed E-state index contributed by atoms with van der Waals surface area (Å²) in [6.45, 7) is 3.09. The third-order valence-electron chi connectivity index (χ3n) is 10.4. The lowest BCUT2D eigenvalue weighted by Crippen LogP contribution is -2.78. The first-order valence-corrected chi connectivity index (χ1v) is 15.0. The van der Waals surface area contributed by atoms with E-state index >= 15 is 0 Å². The van der Waals surface area contributed by atoms with E-state index in [0.717, 1.165) is 36.3 Å². The van der Waals surface area contributed by atoms with Gasteiger partial charge in [-0.1, -0.05) is 18.2 Å². The summed E-state index contributed by atoms with van der Waals surface area (Å²) in [5.74, 6) is 0.605. The molecule has 228 valence electrons. The first kappa shape index (κ1) is 28.4. The molecule has 2 bridgehead atoms. The lowest BCUT2D eigenvalue weighted by Gasteiger charge is -2.64. The predicted octanol–water partition coefficient (Wildman–Crippen LogP) is 4.74. The number of ether oxygens (including phenoxy) is 2. The van der Waals surface area contributed by atoms with E-state index in [-0.39, 0.29) is 17.5 Å². The average molecular weight is 597 g/mol. The van der Waals surface area contributed by atoms with Gasteiger partial charge in [0.1, 0.15) is 6.10 Å². The summed E-state index contributed by atoms with van der Waals surface area (Å²) < 4.78 is 51.9. The Morgan fingerprint density at radius 1 is 1.19 bits per heavy atom. The normalized spacial score (nSPS) is 31.0. The minimum absolute atomic E-state index is 0.0891. The molecule has 2 aliphatic heterocycles. The Kier molecular flexibility index (Phi) is 6.49. The molecule has 1 N–H and O–H groups in total. The quantitative estimate of drug-likeness (QED) is 0.295. The van der Waals surface area contributed by atoms with Crippen LogP contribution in [0.1, 0.15) is 61.3 Å². The molecule has 0 unspecified atom stereocenters. The molecule has 0 aromatic heterocycles. The molecule has 7 nitrogen and oxygen atoms in total. The molecule has 2 saturated carbocycles. The van der Waals surface area contributed by atoms with Gasteiger partial charge in [-0.15, -0.1) is 0 Å². The highest BCUT2D eigenvalue weighted by molar-refractivity contribution is 5.92. The van der Waals surface area contributed by atoms with Crippen LogP contribution < -0.4 is 9.47 Å². The Labute approximate surface area is 248 Å². The zero-order chi connectivity index (χ0) is 30.3. The number of amides is 1. The van der Waals surface area contributed by atoms with Crippen molar-refractivity contribution in [2.75, 3.05) is 20.1 Å². The van der Waals surface area contributed by atoms with Gasteiger partial charge in [-0.25, -0.2) is 0 Å². The number of alkyl halides is 3. The van der Waals surface area contributed by atoms with Crippen LogP contribution in [0.25, 0.3) is 6.08 Å². The Bertz CT molecular complexity index is 1520. The number of hydrogen-bond acceptors (Lipinski definition) is 6. The second-order valence-electron chi connectivity index (χ2n) is 12.9. The van der Waals surface area contributed by atoms with Crippen LogP contribution in [0.5, 0.6) is 11.5 Å². The lowest BCUT2D eigenvalue weighted by molar-refractivity contribution is -0.200. The molecule has 3 aliphatic carbocycles. The number of benzene rings is 2. The number of likely N-dealkylation sites (N-methyl/N-ethyl adjacent to an activating group) is 1. The Morgan fingerprint density at radius 3 is 2.70 bits per heavy atom. The second-order valence-corrected chi connectivity index (χ2v) is 12.9. The number of aliphatic hydroxyl groups is 1. The van der Waals surface area contributed by atoms with E-state index in [1.165, 1.54) is 44.1 Å². The number of carbonyl (C=O) groups is 2. The number of rotatable bonds is 6. The maximum absolute atomic E-state index is 13.5. The predicted molar refractivity (Wildman–Crippen MR) is 151 cm³/mol. The van der Waals surface area contributed by atoms with Crippen LogP contribution in [0.3, 0.4) is 0 Å². The van der Waals surface area contributed by atoms with Crippen LogP contribution in [0, 0.1) is 5.92 Å². The maximum atomic E-state index is 13.5. The fraction of sp³-hybridized carbons (Fsp3) is 0.515. The van der Waals surface area contributed by atoms with E-state index in [0.29, 0.717) is 43.1 Å². The van der Waals surface area contributed by atoms with Gasteiger partial charge < -0.3 is 19.5 Å². The number of esters is 1. The smallest absolute Gasteiger partial charge is 0.416 e. The van der Waals surface area contributed by atoms with Crippen molar-refractivity contribution in [1.82, 2.24) is 9.80 Å². The summed E-state index contributed by atoms with van der Waals surface area (Å²) in [6, 6.07) is 8.07. The van der Waals surface area contributed by atoms with E-state index in [1.807, 2.05) is 6.07 Å². The topological polar surface area (TPSA) is 79.3 Å². The van der Waals surface area contributed by atoms with E-state index < -0.39 is 40.9 Å². The third kappa shape index (κ3) is 4.39. The van der Waals surface area contributed by atoms with Gasteiger partial charge in [0, 0.05) is 38.2 Å². The van der Waals surface area contributed by atoms with Crippen LogP contribution >= 0.6 is 0 Å². The molecular formula is C33H35F3N2O5. The summed E-state index contributed by atoms with van der Waals surface area (Å²) in [4.78, 5) is 29.5. The van der Waals surface area contributed by atoms with Crippen LogP contribution in [0.15, 0.2) is 42.5 Å². The zero-order valence-corrected chi connectivity index (χ0v) is 24.2. The molecule has 2 aromatic carbocycles. The standard InChI is InChI=1S/C33H35F3N2O5/c1-19(39)42-25-10-9-22-17-26-32(41)13-12-24(37(2)27(40)11-8-20-4-3-5-23(16-20)33(34,35)36)30-31(32,28(22)29(25)43-30)14-15-38(26)18-21-6-7-21/h3-5,8-11,16,21,24,26,30,41H,6-7,12-15,17-18H2,1-2H3/t24-,26-,30+,31+,32-/m1/s1. The molecule has 2 aromatic rings. The van der Waals surface area contributed by atoms with Gasteiger partial charge in [0.2, 0.25) is 5.91 Å². The van der Waals surface area contributed by atoms with Crippen LogP contribution in [-0.2, 0) is 27.6 Å². The SMILES string of the molecule is CC(=O)Oc1ccc2c3c1O[C@H]1[C@H](N(C)C(=O)C=Cc4cccc(C(F)(F)F)c4)CC[C@@]4(O)[C@@H](C2)N(CC2CC2)CC[C@]314. The molecule has 7 rings (SSSR count). The van der Waals surface area contributed by atoms with Gasteiger partial charge in [-0.05, 0) is 86.4 Å². The molecule has 0 radical (unpaired) electrons. The van der Waals surface area contributed by atoms with Gasteiger partial charge in [0.05, 0.1) is 22.6 Å². The summed E-state index contributed by atoms with van der Waals surface area (Å²) in [5.41, 5.74) is -0.427. The van der Waals surface area contributed by atoms with E-state index in [2.05, 4.69) is 4.90 Å². The first-order chi connectivity index (χ1) is 20.4. The Morgan fingerprint density at radius 2 is 1.98 bits per heavy atom. The van der Waals surface area contributed by atoms with Crippen LogP contribution in [0.4, 0.5) is 13.2 Å². The number of likely N-dealkylation sites (tertiary alicyclic amines) is 1. The number of halogens is 3. The van der Waals surface area contributed by atoms with Crippen molar-refractivity contribution in [3.63, 3.8) is 0 Å². The number of nitrogens with zero attached hydrogens (tertiary/aromatic N) is 2. The molecule has 5 aliphatic rings. The highest BCUT2D eigenvalue weighted by Crippen LogP contribution is 2.66. The van der Waals surface area contributed by atoms with Gasteiger partial charge >= 0.3 is 12.1 Å². The van der Waals surface area contributed by atoms with Crippen molar-refractivity contribution in [2.24, 2.45) is 5.92 Å². The Balaban J connectivity index is 1.24. The van der Waals surface area contributed by atoms with E-state index in [1.54, 1.807) is 18.0 Å². The largest absolute Gasteiger partial charge is 0.483 e. The monoisotopic (exact) mass is 596 g/mol. The number of carbonyl (C=O) groups excluding carboxylic acids is 2. The van der Waals surface area contributed by atoms with Crippen LogP contribution in [-0.4, -0.2) is 70.7 Å². The van der Waals surface area contributed by atoms with Crippen molar-refractivity contribution in [3.8, 4) is 11.5 Å². The molecule has 5 atom stereocenters. The van der Waals surface area contributed by atoms with E-state index in [4.69, 9.17) is 9.47 Å². The molecule has 3 fully saturated rings. The van der Waals surface area contributed by atoms with Crippen molar-refractivity contribution in [3.05, 3.63) is 64.7 Å². The minimum atomic E-state index is -4.48. The summed E-state index contributed by atoms with van der Waals surface area (Å²) in [5, 5.41) is 12.7. The molecular weight excluding hydrogens is 561 g/mol. The Hall–Kier alpha value is -3.37. The highest BCUT2D eigenvalue weighted by atomic mass is 19.4. The van der Waals surface area contributed by atoms with E-state index in [9.17, 15) is 27.9 Å². The van der Waals surface area contributed by atoms with Crippen molar-refractivity contribution in [2.45, 2.75) is 80.8 Å². The molecule has 43 heavy (non-hydrogen) atoms. The van der Waals surface area contributed by atoms with Gasteiger partial charge in [-0.3, -0.25) is 14.5 Å². The molecule has 2 heterocycles. The van der Waals surface area contributed by atoms with Gasteiger partial charge in [0.25, 0.3) is 0 Å². The third-order valence-corrected chi connectivity index (χ3v) is 10.4. The number of piperidine rings is 1. The second kappa shape index (κ2) is 9.82. The average Bonchev–Trinajstić information content (AvgIpc) is 3.70. The van der Waals surface area contributed by atoms with Crippen molar-refractivity contribution >= 4 is 18.0 Å². The van der Waals surface area contributed by atoms with Crippen molar-refractivity contribution in [1.29, 1.82) is 0 Å². The summed E-state index contributed by atoms with van der Waals surface area (Å²) in [7, 11) is 1.67. The molecule has 1 amide bonds. The van der Waals surface area contributed by atoms with Crippen molar-refractivity contribution < 1.29 is 37.3 Å². The minimum Gasteiger partial charge on any atom is -0.483 e. The summed E-state index contributed by atoms with van der Waals surface area (Å²) in [6.07, 6.45) is 2.31. The summed E-state index contributed by atoms with van der Waals surface area (Å²) >= 11 is 0. The lowest BCUT2D eigenvalue weighted by atomic mass is 9.48. The first-order valence-electron chi connectivity index (χ1n) is 15.0. The van der Waals surface area contributed by atoms with Gasteiger partial charge in [-0.2, -0.15) is 13.2 Å². The number of hydrogen-bond donors (Lipinski definition) is 1. The molecule has 1 saturated heterocycles. The van der Waals surface area contributed by atoms with Gasteiger partial charge in [0.15, 0.2) is 11.5 Å². The fourth-order valence-corrected chi connectivity index (χ4v) is 8.34. The molecule has 1 spiro atoms. The zero-order valence-electron chi connectivity index (χ0n) is 24.2. The maximum Gasteiger partial charge on any atom is 0.416 e.